The van der Waals surface area contributed by atoms with Gasteiger partial charge in [0.15, 0.2) is 5.78 Å². The Balaban J connectivity index is 2.83. The Morgan fingerprint density at radius 2 is 2.12 bits per heavy atom. The number of benzene rings is 1. The molecule has 2 unspecified atom stereocenters. The molecule has 0 radical (unpaired) electrons. The number of hydrogen-bond acceptors (Lipinski definition) is 3. The fourth-order valence-corrected chi connectivity index (χ4v) is 1.77. The molecule has 0 aliphatic carbocycles. The molecular formula is C13H18ClNO2. The fraction of sp³-hybridized carbons (Fsp3) is 0.462. The molecule has 1 rings (SSSR count). The zero-order valence-corrected chi connectivity index (χ0v) is 11.1. The van der Waals surface area contributed by atoms with Crippen LogP contribution in [0, 0.1) is 0 Å². The van der Waals surface area contributed by atoms with E-state index in [0.717, 1.165) is 0 Å². The highest BCUT2D eigenvalue weighted by molar-refractivity contribution is 6.31. The second-order valence-corrected chi connectivity index (χ2v) is 4.68. The fourth-order valence-electron chi connectivity index (χ4n) is 1.58. The van der Waals surface area contributed by atoms with Crippen LogP contribution in [-0.2, 0) is 0 Å². The van der Waals surface area contributed by atoms with Crippen molar-refractivity contribution in [3.63, 3.8) is 0 Å². The Kier molecular flexibility index (Phi) is 5.12. The predicted molar refractivity (Wildman–Crippen MR) is 69.6 cm³/mol. The minimum Gasteiger partial charge on any atom is -0.395 e. The van der Waals surface area contributed by atoms with Crippen LogP contribution in [0.4, 0.5) is 0 Å². The Morgan fingerprint density at radius 3 is 2.65 bits per heavy atom. The van der Waals surface area contributed by atoms with Crippen LogP contribution in [0.3, 0.4) is 0 Å². The van der Waals surface area contributed by atoms with Crippen LogP contribution < -0.4 is 0 Å². The van der Waals surface area contributed by atoms with E-state index in [1.54, 1.807) is 24.3 Å². The van der Waals surface area contributed by atoms with Crippen molar-refractivity contribution in [2.45, 2.75) is 25.9 Å². The van der Waals surface area contributed by atoms with E-state index in [9.17, 15) is 4.79 Å². The highest BCUT2D eigenvalue weighted by atomic mass is 35.5. The molecule has 0 fully saturated rings. The summed E-state index contributed by atoms with van der Waals surface area (Å²) in [6.45, 7) is 3.74. The minimum absolute atomic E-state index is 0.00954. The third kappa shape index (κ3) is 3.53. The van der Waals surface area contributed by atoms with Gasteiger partial charge in [-0.1, -0.05) is 23.7 Å². The number of aliphatic hydroxyl groups is 1. The van der Waals surface area contributed by atoms with Crippen LogP contribution in [0.15, 0.2) is 24.3 Å². The van der Waals surface area contributed by atoms with E-state index in [1.807, 2.05) is 25.8 Å². The lowest BCUT2D eigenvalue weighted by Gasteiger charge is -2.28. The van der Waals surface area contributed by atoms with Gasteiger partial charge in [-0.05, 0) is 33.0 Å². The minimum atomic E-state index is -0.282. The molecule has 0 aliphatic rings. The van der Waals surface area contributed by atoms with Gasteiger partial charge < -0.3 is 5.11 Å². The van der Waals surface area contributed by atoms with Crippen LogP contribution in [0.25, 0.3) is 0 Å². The van der Waals surface area contributed by atoms with Gasteiger partial charge in [0.2, 0.25) is 0 Å². The highest BCUT2D eigenvalue weighted by Crippen LogP contribution is 2.15. The molecule has 1 N–H and O–H groups in total. The molecule has 1 aromatic rings. The van der Waals surface area contributed by atoms with Gasteiger partial charge in [-0.3, -0.25) is 9.69 Å². The maximum Gasteiger partial charge on any atom is 0.179 e. The summed E-state index contributed by atoms with van der Waals surface area (Å²) in [5.41, 5.74) is 0.599. The summed E-state index contributed by atoms with van der Waals surface area (Å²) in [5.74, 6) is 0.00954. The molecule has 4 heteroatoms. The lowest BCUT2D eigenvalue weighted by molar-refractivity contribution is 0.0763. The number of nitrogens with zero attached hydrogens (tertiary/aromatic N) is 1. The number of hydrogen-bond donors (Lipinski definition) is 1. The molecule has 0 amide bonds. The number of halogens is 1. The third-order valence-corrected chi connectivity index (χ3v) is 3.29. The number of aliphatic hydroxyl groups excluding tert-OH is 1. The first kappa shape index (κ1) is 14.2. The molecule has 0 heterocycles. The van der Waals surface area contributed by atoms with Crippen LogP contribution >= 0.6 is 11.6 Å². The Bertz CT molecular complexity index is 395. The van der Waals surface area contributed by atoms with E-state index < -0.39 is 0 Å². The van der Waals surface area contributed by atoms with E-state index in [1.165, 1.54) is 0 Å². The normalized spacial score (nSPS) is 14.7. The molecule has 0 aliphatic heterocycles. The van der Waals surface area contributed by atoms with Gasteiger partial charge in [-0.25, -0.2) is 0 Å². The van der Waals surface area contributed by atoms with Crippen LogP contribution in [-0.4, -0.2) is 41.5 Å². The lowest BCUT2D eigenvalue weighted by Crippen LogP contribution is -2.43. The standard InChI is InChI=1S/C13H18ClNO2/c1-9(8-16)15(3)10(2)13(17)11-5-4-6-12(14)7-11/h4-7,9-10,16H,8H2,1-3H3. The van der Waals surface area contributed by atoms with Crippen molar-refractivity contribution in [3.05, 3.63) is 34.9 Å². The quantitative estimate of drug-likeness (QED) is 0.821. The van der Waals surface area contributed by atoms with Gasteiger partial charge in [0.25, 0.3) is 0 Å². The van der Waals surface area contributed by atoms with E-state index in [4.69, 9.17) is 16.7 Å². The zero-order chi connectivity index (χ0) is 13.0. The highest BCUT2D eigenvalue weighted by Gasteiger charge is 2.22. The summed E-state index contributed by atoms with van der Waals surface area (Å²) in [7, 11) is 1.83. The van der Waals surface area contributed by atoms with Gasteiger partial charge in [-0.2, -0.15) is 0 Å². The summed E-state index contributed by atoms with van der Waals surface area (Å²) in [4.78, 5) is 14.0. The van der Waals surface area contributed by atoms with Crippen LogP contribution in [0.2, 0.25) is 5.02 Å². The number of Topliss-reactive ketones (excluding diaryl/α,β-unsaturated/α-hetero) is 1. The first-order chi connectivity index (χ1) is 7.97. The molecule has 0 bridgehead atoms. The number of ketones is 1. The van der Waals surface area contributed by atoms with Crippen molar-refractivity contribution in [3.8, 4) is 0 Å². The second-order valence-electron chi connectivity index (χ2n) is 4.25. The maximum absolute atomic E-state index is 12.2. The first-order valence-corrected chi connectivity index (χ1v) is 5.97. The van der Waals surface area contributed by atoms with E-state index in [2.05, 4.69) is 0 Å². The topological polar surface area (TPSA) is 40.5 Å². The monoisotopic (exact) mass is 255 g/mol. The molecule has 0 spiro atoms. The van der Waals surface area contributed by atoms with Crippen molar-refractivity contribution in [1.82, 2.24) is 4.90 Å². The summed E-state index contributed by atoms with van der Waals surface area (Å²) >= 11 is 5.86. The lowest BCUT2D eigenvalue weighted by atomic mass is 10.0. The zero-order valence-electron chi connectivity index (χ0n) is 10.4. The molecule has 1 aromatic carbocycles. The predicted octanol–water partition coefficient (Wildman–Crippen LogP) is 2.22. The molecule has 0 saturated heterocycles. The largest absolute Gasteiger partial charge is 0.395 e. The molecule has 17 heavy (non-hydrogen) atoms. The van der Waals surface area contributed by atoms with Gasteiger partial charge >= 0.3 is 0 Å². The van der Waals surface area contributed by atoms with Crippen molar-refractivity contribution < 1.29 is 9.90 Å². The summed E-state index contributed by atoms with van der Waals surface area (Å²) in [6, 6.07) is 6.59. The second kappa shape index (κ2) is 6.15. The Hall–Kier alpha value is -0.900. The summed E-state index contributed by atoms with van der Waals surface area (Å²) < 4.78 is 0. The number of likely N-dealkylation sites (N-methyl/N-ethyl adjacent to an activating group) is 1. The van der Waals surface area contributed by atoms with Crippen LogP contribution in [0.5, 0.6) is 0 Å². The Labute approximate surface area is 107 Å². The van der Waals surface area contributed by atoms with Crippen molar-refractivity contribution in [2.24, 2.45) is 0 Å². The molecule has 3 nitrogen and oxygen atoms in total. The SMILES string of the molecule is CC(CO)N(C)C(C)C(=O)c1cccc(Cl)c1. The van der Waals surface area contributed by atoms with Gasteiger partial charge in [0.1, 0.15) is 0 Å². The molecule has 2 atom stereocenters. The van der Waals surface area contributed by atoms with Crippen molar-refractivity contribution in [2.75, 3.05) is 13.7 Å². The number of carbonyl (C=O) groups is 1. The smallest absolute Gasteiger partial charge is 0.179 e. The van der Waals surface area contributed by atoms with Gasteiger partial charge in [-0.15, -0.1) is 0 Å². The summed E-state index contributed by atoms with van der Waals surface area (Å²) in [6.07, 6.45) is 0. The van der Waals surface area contributed by atoms with E-state index >= 15 is 0 Å². The van der Waals surface area contributed by atoms with Crippen molar-refractivity contribution in [1.29, 1.82) is 0 Å². The van der Waals surface area contributed by atoms with Gasteiger partial charge in [0.05, 0.1) is 12.6 Å². The van der Waals surface area contributed by atoms with Crippen molar-refractivity contribution >= 4 is 17.4 Å². The number of carbonyl (C=O) groups excluding carboxylic acids is 1. The summed E-state index contributed by atoms with van der Waals surface area (Å²) in [5, 5.41) is 9.63. The van der Waals surface area contributed by atoms with Gasteiger partial charge in [0, 0.05) is 16.6 Å². The molecular weight excluding hydrogens is 238 g/mol. The maximum atomic E-state index is 12.2. The van der Waals surface area contributed by atoms with Crippen LogP contribution in [0.1, 0.15) is 24.2 Å². The van der Waals surface area contributed by atoms with E-state index in [0.29, 0.717) is 10.6 Å². The molecule has 94 valence electrons. The van der Waals surface area contributed by atoms with E-state index in [-0.39, 0.29) is 24.5 Å². The number of rotatable bonds is 5. The average molecular weight is 256 g/mol. The molecule has 0 saturated carbocycles. The first-order valence-electron chi connectivity index (χ1n) is 5.60. The average Bonchev–Trinajstić information content (AvgIpc) is 2.35. The molecule has 0 aromatic heterocycles. The Morgan fingerprint density at radius 1 is 1.47 bits per heavy atom. The third-order valence-electron chi connectivity index (χ3n) is 3.06.